The summed E-state index contributed by atoms with van der Waals surface area (Å²) >= 11 is 0. The number of halogens is 3. The van der Waals surface area contributed by atoms with Crippen LogP contribution in [0.2, 0.25) is 0 Å². The lowest BCUT2D eigenvalue weighted by Crippen LogP contribution is -2.24. The fraction of sp³-hybridized carbons (Fsp3) is 0.357. The highest BCUT2D eigenvalue weighted by atomic mass is 19.3. The minimum absolute atomic E-state index is 0.274. The summed E-state index contributed by atoms with van der Waals surface area (Å²) in [5.41, 5.74) is 7.93. The summed E-state index contributed by atoms with van der Waals surface area (Å²) < 4.78 is 37.3. The van der Waals surface area contributed by atoms with Crippen LogP contribution in [0.3, 0.4) is 0 Å². The number of rotatable bonds is 12. The highest BCUT2D eigenvalue weighted by Gasteiger charge is 2.08. The Hall–Kier alpha value is -4.36. The van der Waals surface area contributed by atoms with Crippen molar-refractivity contribution < 1.29 is 13.2 Å². The molecule has 270 valence electrons. The van der Waals surface area contributed by atoms with Crippen LogP contribution in [0, 0.1) is 5.82 Å². The molecule has 3 rings (SSSR count). The number of nitrogens with one attached hydrogen (secondary N) is 1. The number of likely N-dealkylation sites (N-methyl/N-ethyl adjacent to an activating group) is 1. The molecule has 7 heteroatoms. The monoisotopic (exact) mass is 678 g/mol. The SMILES string of the molecule is C=C(C)NCc1ccccc1.C=C/C=C(\C)Cn1ccc(CN(C)CC(=C)C)cc1=NC(=C)c1ccc(F)cc1.CC.CC.CC(C)(F)F. The molecule has 0 radical (unpaired) electrons. The Labute approximate surface area is 295 Å². The molecule has 0 unspecified atom stereocenters. The number of allylic oxidation sites excluding steroid dienone is 4. The van der Waals surface area contributed by atoms with Gasteiger partial charge in [0.05, 0.1) is 5.70 Å². The molecule has 1 N–H and O–H groups in total. The zero-order valence-corrected chi connectivity index (χ0v) is 31.7. The van der Waals surface area contributed by atoms with E-state index in [2.05, 4.69) is 79.3 Å². The van der Waals surface area contributed by atoms with Crippen molar-refractivity contribution in [3.05, 3.63) is 156 Å². The van der Waals surface area contributed by atoms with Crippen LogP contribution < -0.4 is 10.8 Å². The second-order valence-electron chi connectivity index (χ2n) is 11.4. The maximum absolute atomic E-state index is 13.2. The molecule has 0 saturated heterocycles. The number of hydrogen-bond acceptors (Lipinski definition) is 3. The quantitative estimate of drug-likeness (QED) is 0.153. The number of pyridine rings is 1. The molecule has 0 amide bonds. The molecule has 0 saturated carbocycles. The smallest absolute Gasteiger partial charge is 0.242 e. The minimum atomic E-state index is -2.50. The van der Waals surface area contributed by atoms with E-state index in [1.807, 2.05) is 72.0 Å². The van der Waals surface area contributed by atoms with Crippen LogP contribution in [-0.4, -0.2) is 29.0 Å². The Morgan fingerprint density at radius 3 is 1.94 bits per heavy atom. The van der Waals surface area contributed by atoms with Crippen molar-refractivity contribution in [1.29, 1.82) is 0 Å². The van der Waals surface area contributed by atoms with E-state index >= 15 is 0 Å². The predicted molar refractivity (Wildman–Crippen MR) is 208 cm³/mol. The van der Waals surface area contributed by atoms with Gasteiger partial charge in [-0.2, -0.15) is 0 Å². The molecule has 0 aliphatic heterocycles. The van der Waals surface area contributed by atoms with Gasteiger partial charge in [0.15, 0.2) is 0 Å². The lowest BCUT2D eigenvalue weighted by Gasteiger charge is -2.17. The van der Waals surface area contributed by atoms with Gasteiger partial charge in [-0.3, -0.25) is 4.90 Å². The Balaban J connectivity index is 0. The summed E-state index contributed by atoms with van der Waals surface area (Å²) in [6, 6.07) is 20.7. The van der Waals surface area contributed by atoms with Crippen molar-refractivity contribution in [3.8, 4) is 0 Å². The highest BCUT2D eigenvalue weighted by Crippen LogP contribution is 2.14. The van der Waals surface area contributed by atoms with Crippen LogP contribution in [-0.2, 0) is 19.6 Å². The molecule has 1 aromatic heterocycles. The van der Waals surface area contributed by atoms with Gasteiger partial charge in [0.25, 0.3) is 0 Å². The fourth-order valence-corrected chi connectivity index (χ4v) is 3.93. The van der Waals surface area contributed by atoms with E-state index in [4.69, 9.17) is 4.99 Å². The summed E-state index contributed by atoms with van der Waals surface area (Å²) in [7, 11) is 2.07. The molecule has 3 aromatic rings. The molecule has 0 spiro atoms. The van der Waals surface area contributed by atoms with Crippen LogP contribution in [0.1, 0.15) is 79.0 Å². The zero-order chi connectivity index (χ0) is 38.0. The number of aromatic nitrogens is 1. The molecular formula is C42H61F3N4. The van der Waals surface area contributed by atoms with Crippen LogP contribution in [0.25, 0.3) is 5.70 Å². The van der Waals surface area contributed by atoms with E-state index in [9.17, 15) is 13.2 Å². The van der Waals surface area contributed by atoms with Crippen molar-refractivity contribution in [3.63, 3.8) is 0 Å². The lowest BCUT2D eigenvalue weighted by atomic mass is 10.2. The normalized spacial score (nSPS) is 10.8. The van der Waals surface area contributed by atoms with Gasteiger partial charge in [-0.25, -0.2) is 18.2 Å². The van der Waals surface area contributed by atoms with Gasteiger partial charge in [0.2, 0.25) is 5.92 Å². The standard InChI is InChI=1S/C25H30FN3.C10H13N.C3H6F2.2C2H6/c1-7-8-20(4)17-29-14-13-22(18-28(6)16-19(2)3)15-25(29)27-21(5)23-9-11-24(26)12-10-23;1-9(2)11-8-10-6-4-3-5-7-10;1-3(2,4)5;2*1-2/h7-15H,1-2,5,16-18H2,3-4,6H3;3-7,11H,1,8H2,2H3;1-2H3;2*1-2H3/b20-8+,27-25?;;;;. The first-order valence-corrected chi connectivity index (χ1v) is 16.7. The molecule has 49 heavy (non-hydrogen) atoms. The Bertz CT molecular complexity index is 1470. The van der Waals surface area contributed by atoms with E-state index in [0.717, 1.165) is 61.4 Å². The summed E-state index contributed by atoms with van der Waals surface area (Å²) in [4.78, 5) is 6.97. The van der Waals surface area contributed by atoms with Crippen LogP contribution in [0.5, 0.6) is 0 Å². The lowest BCUT2D eigenvalue weighted by molar-refractivity contribution is 0.0437. The predicted octanol–water partition coefficient (Wildman–Crippen LogP) is 11.4. The van der Waals surface area contributed by atoms with Crippen molar-refractivity contribution in [2.24, 2.45) is 4.99 Å². The summed E-state index contributed by atoms with van der Waals surface area (Å²) in [5, 5.41) is 3.17. The van der Waals surface area contributed by atoms with E-state index in [1.54, 1.807) is 18.2 Å². The molecule has 0 bridgehead atoms. The molecule has 0 fully saturated rings. The maximum atomic E-state index is 13.2. The molecule has 0 aliphatic carbocycles. The number of hydrogen-bond donors (Lipinski definition) is 1. The second kappa shape index (κ2) is 26.6. The Kier molecular flexibility index (Phi) is 25.4. The molecule has 4 nitrogen and oxygen atoms in total. The van der Waals surface area contributed by atoms with Gasteiger partial charge in [0.1, 0.15) is 11.3 Å². The van der Waals surface area contributed by atoms with E-state index < -0.39 is 5.92 Å². The number of nitrogens with zero attached hydrogens (tertiary/aromatic N) is 3. The summed E-state index contributed by atoms with van der Waals surface area (Å²) in [6.07, 6.45) is 5.81. The van der Waals surface area contributed by atoms with Crippen LogP contribution >= 0.6 is 0 Å². The fourth-order valence-electron chi connectivity index (χ4n) is 3.93. The average Bonchev–Trinajstić information content (AvgIpc) is 3.03. The van der Waals surface area contributed by atoms with Crippen molar-refractivity contribution in [2.45, 2.75) is 87.9 Å². The van der Waals surface area contributed by atoms with Crippen molar-refractivity contribution in [1.82, 2.24) is 14.8 Å². The third-order valence-corrected chi connectivity index (χ3v) is 5.76. The molecule has 0 atom stereocenters. The number of benzene rings is 2. The van der Waals surface area contributed by atoms with Gasteiger partial charge < -0.3 is 9.88 Å². The van der Waals surface area contributed by atoms with Gasteiger partial charge in [0, 0.05) is 38.1 Å². The summed E-state index contributed by atoms with van der Waals surface area (Å²) in [5.74, 6) is -2.77. The molecular weight excluding hydrogens is 617 g/mol. The molecule has 0 aliphatic rings. The van der Waals surface area contributed by atoms with Crippen molar-refractivity contribution >= 4 is 5.70 Å². The van der Waals surface area contributed by atoms with E-state index in [-0.39, 0.29) is 5.82 Å². The van der Waals surface area contributed by atoms with E-state index in [1.165, 1.54) is 23.3 Å². The minimum Gasteiger partial charge on any atom is -0.385 e. The first-order chi connectivity index (χ1) is 23.1. The summed E-state index contributed by atoms with van der Waals surface area (Å²) in [6.45, 7) is 34.5. The van der Waals surface area contributed by atoms with Crippen LogP contribution in [0.4, 0.5) is 13.2 Å². The van der Waals surface area contributed by atoms with Gasteiger partial charge >= 0.3 is 0 Å². The molecule has 2 aromatic carbocycles. The van der Waals surface area contributed by atoms with E-state index in [0.29, 0.717) is 12.2 Å². The Morgan fingerprint density at radius 1 is 0.898 bits per heavy atom. The van der Waals surface area contributed by atoms with Gasteiger partial charge in [-0.05, 0) is 94.8 Å². The first-order valence-electron chi connectivity index (χ1n) is 16.7. The average molecular weight is 679 g/mol. The second-order valence-corrected chi connectivity index (χ2v) is 11.4. The third kappa shape index (κ3) is 25.3. The van der Waals surface area contributed by atoms with Gasteiger partial charge in [-0.15, -0.1) is 0 Å². The molecule has 1 heterocycles. The highest BCUT2D eigenvalue weighted by molar-refractivity contribution is 5.62. The zero-order valence-electron chi connectivity index (χ0n) is 31.7. The Morgan fingerprint density at radius 2 is 1.45 bits per heavy atom. The topological polar surface area (TPSA) is 32.6 Å². The van der Waals surface area contributed by atoms with Crippen LogP contribution in [0.15, 0.2) is 133 Å². The first kappa shape index (κ1) is 46.8. The third-order valence-electron chi connectivity index (χ3n) is 5.76. The maximum Gasteiger partial charge on any atom is 0.242 e. The van der Waals surface area contributed by atoms with Gasteiger partial charge in [-0.1, -0.05) is 108 Å². The van der Waals surface area contributed by atoms with Crippen molar-refractivity contribution in [2.75, 3.05) is 13.6 Å². The largest absolute Gasteiger partial charge is 0.385 e. The number of alkyl halides is 2.